The molecular weight excluding hydrogens is 154 g/mol. The average molecular weight is 159 g/mol. The number of fused-ring (bicyclic) bond motifs is 3. The topological polar surface area (TPSA) is 54.7 Å². The van der Waals surface area contributed by atoms with E-state index in [-0.39, 0.29) is 0 Å². The van der Waals surface area contributed by atoms with Crippen molar-refractivity contribution in [1.82, 2.24) is 15.0 Å². The van der Waals surface area contributed by atoms with Crippen LogP contribution in [0.25, 0.3) is 22.1 Å². The molecule has 0 aromatic carbocycles. The number of H-pyrrole nitrogens is 1. The number of nitrogens with one attached hydrogen (secondary N) is 1. The fourth-order valence-electron chi connectivity index (χ4n) is 1.35. The highest BCUT2D eigenvalue weighted by Crippen LogP contribution is 2.22. The molecule has 0 atom stereocenters. The first-order valence-corrected chi connectivity index (χ1v) is 3.60. The van der Waals surface area contributed by atoms with E-state index in [1.54, 1.807) is 12.5 Å². The molecule has 4 heteroatoms. The third-order valence-corrected chi connectivity index (χ3v) is 1.88. The summed E-state index contributed by atoms with van der Waals surface area (Å²) in [6.07, 6.45) is 4.91. The van der Waals surface area contributed by atoms with Crippen molar-refractivity contribution in [2.45, 2.75) is 0 Å². The number of furan rings is 1. The highest BCUT2D eigenvalue weighted by molar-refractivity contribution is 6.02. The first-order chi connectivity index (χ1) is 5.95. The summed E-state index contributed by atoms with van der Waals surface area (Å²) < 4.78 is 5.18. The van der Waals surface area contributed by atoms with Crippen molar-refractivity contribution in [3.05, 3.63) is 24.9 Å². The molecule has 0 bridgehead atoms. The molecule has 0 saturated heterocycles. The van der Waals surface area contributed by atoms with Crippen LogP contribution in [-0.2, 0) is 0 Å². The monoisotopic (exact) mass is 159 g/mol. The average Bonchev–Trinajstić information content (AvgIpc) is 2.62. The molecule has 1 N–H and O–H groups in total. The van der Waals surface area contributed by atoms with E-state index in [0.717, 1.165) is 22.1 Å². The summed E-state index contributed by atoms with van der Waals surface area (Å²) in [5.74, 6) is 0. The zero-order valence-corrected chi connectivity index (χ0v) is 6.11. The minimum Gasteiger partial charge on any atom is -0.448 e. The molecule has 3 rings (SSSR count). The Hall–Kier alpha value is -1.84. The summed E-state index contributed by atoms with van der Waals surface area (Å²) in [7, 11) is 0. The molecule has 0 aliphatic heterocycles. The lowest BCUT2D eigenvalue weighted by molar-refractivity contribution is 0.605. The number of rotatable bonds is 0. The lowest BCUT2D eigenvalue weighted by atomic mass is 10.3. The molecule has 3 aromatic heterocycles. The number of hydrogen-bond acceptors (Lipinski definition) is 3. The van der Waals surface area contributed by atoms with Crippen LogP contribution in [0.5, 0.6) is 0 Å². The maximum absolute atomic E-state index is 5.18. The van der Waals surface area contributed by atoms with Crippen molar-refractivity contribution < 1.29 is 4.42 Å². The lowest BCUT2D eigenvalue weighted by Gasteiger charge is -1.83. The Bertz CT molecular complexity index is 536. The van der Waals surface area contributed by atoms with Gasteiger partial charge in [0.25, 0.3) is 0 Å². The lowest BCUT2D eigenvalue weighted by Crippen LogP contribution is -1.75. The Morgan fingerprint density at radius 2 is 2.42 bits per heavy atom. The molecule has 0 spiro atoms. The van der Waals surface area contributed by atoms with Gasteiger partial charge in [0.15, 0.2) is 0 Å². The van der Waals surface area contributed by atoms with Crippen LogP contribution >= 0.6 is 0 Å². The van der Waals surface area contributed by atoms with Gasteiger partial charge in [-0.2, -0.15) is 0 Å². The number of hydrogen-bond donors (Lipinski definition) is 1. The van der Waals surface area contributed by atoms with Gasteiger partial charge in [-0.15, -0.1) is 0 Å². The van der Waals surface area contributed by atoms with Gasteiger partial charge in [0.2, 0.25) is 5.71 Å². The van der Waals surface area contributed by atoms with Gasteiger partial charge in [0.05, 0.1) is 23.4 Å². The summed E-state index contributed by atoms with van der Waals surface area (Å²) in [5, 5.41) is 1.01. The van der Waals surface area contributed by atoms with Gasteiger partial charge in [0, 0.05) is 0 Å². The Kier molecular flexibility index (Phi) is 0.889. The van der Waals surface area contributed by atoms with E-state index in [2.05, 4.69) is 15.0 Å². The second-order valence-electron chi connectivity index (χ2n) is 2.57. The van der Waals surface area contributed by atoms with Gasteiger partial charge < -0.3 is 9.40 Å². The van der Waals surface area contributed by atoms with Gasteiger partial charge in [-0.25, -0.2) is 9.97 Å². The Morgan fingerprint density at radius 1 is 1.42 bits per heavy atom. The quantitative estimate of drug-likeness (QED) is 0.543. The van der Waals surface area contributed by atoms with Crippen LogP contribution in [0, 0.1) is 0 Å². The zero-order chi connectivity index (χ0) is 7.97. The van der Waals surface area contributed by atoms with E-state index < -0.39 is 0 Å². The smallest absolute Gasteiger partial charge is 0.206 e. The molecule has 4 nitrogen and oxygen atoms in total. The van der Waals surface area contributed by atoms with Crippen molar-refractivity contribution in [3.8, 4) is 0 Å². The molecule has 0 amide bonds. The molecule has 12 heavy (non-hydrogen) atoms. The predicted molar refractivity (Wildman–Crippen MR) is 43.7 cm³/mol. The van der Waals surface area contributed by atoms with E-state index in [1.165, 1.54) is 6.33 Å². The van der Waals surface area contributed by atoms with Crippen molar-refractivity contribution in [2.24, 2.45) is 0 Å². The van der Waals surface area contributed by atoms with Crippen molar-refractivity contribution >= 4 is 22.1 Å². The maximum Gasteiger partial charge on any atom is 0.206 e. The molecular formula is C8H5N3O. The third-order valence-electron chi connectivity index (χ3n) is 1.88. The van der Waals surface area contributed by atoms with E-state index in [4.69, 9.17) is 4.42 Å². The molecule has 58 valence electrons. The van der Waals surface area contributed by atoms with Gasteiger partial charge in [-0.1, -0.05) is 0 Å². The van der Waals surface area contributed by atoms with Crippen molar-refractivity contribution in [3.63, 3.8) is 0 Å². The van der Waals surface area contributed by atoms with Crippen LogP contribution in [0.1, 0.15) is 0 Å². The third kappa shape index (κ3) is 0.567. The minimum absolute atomic E-state index is 0.755. The van der Waals surface area contributed by atoms with Gasteiger partial charge in [-0.3, -0.25) is 0 Å². The van der Waals surface area contributed by atoms with Crippen LogP contribution in [-0.4, -0.2) is 15.0 Å². The summed E-state index contributed by atoms with van der Waals surface area (Å²) in [4.78, 5) is 11.1. The van der Waals surface area contributed by atoms with Gasteiger partial charge in [-0.05, 0) is 6.07 Å². The van der Waals surface area contributed by atoms with E-state index in [9.17, 15) is 0 Å². The summed E-state index contributed by atoms with van der Waals surface area (Å²) in [6.45, 7) is 0. The molecule has 0 radical (unpaired) electrons. The summed E-state index contributed by atoms with van der Waals surface area (Å²) in [6, 6.07) is 1.89. The van der Waals surface area contributed by atoms with E-state index >= 15 is 0 Å². The largest absolute Gasteiger partial charge is 0.448 e. The number of aromatic nitrogens is 3. The van der Waals surface area contributed by atoms with E-state index in [1.807, 2.05) is 6.07 Å². The molecule has 0 saturated carbocycles. The highest BCUT2D eigenvalue weighted by Gasteiger charge is 2.05. The Balaban J connectivity index is 2.68. The fraction of sp³-hybridized carbons (Fsp3) is 0. The van der Waals surface area contributed by atoms with Crippen LogP contribution in [0.2, 0.25) is 0 Å². The second-order valence-corrected chi connectivity index (χ2v) is 2.57. The summed E-state index contributed by atoms with van der Waals surface area (Å²) in [5.41, 5.74) is 2.58. The van der Waals surface area contributed by atoms with Gasteiger partial charge in [0.1, 0.15) is 11.8 Å². The van der Waals surface area contributed by atoms with Crippen molar-refractivity contribution in [2.75, 3.05) is 0 Å². The summed E-state index contributed by atoms with van der Waals surface area (Å²) >= 11 is 0. The Labute approximate surface area is 67.2 Å². The fourth-order valence-corrected chi connectivity index (χ4v) is 1.35. The number of aromatic amines is 1. The predicted octanol–water partition coefficient (Wildman–Crippen LogP) is 1.70. The first kappa shape index (κ1) is 5.77. The molecule has 0 aliphatic rings. The minimum atomic E-state index is 0.755. The Morgan fingerprint density at radius 3 is 3.42 bits per heavy atom. The molecule has 0 aliphatic carbocycles. The first-order valence-electron chi connectivity index (χ1n) is 3.60. The standard InChI is InChI=1S/C8H5N3O/c1-2-12-8-5(1)7-6(11-8)3-9-4-10-7/h1-4,11H. The van der Waals surface area contributed by atoms with Crippen LogP contribution in [0.3, 0.4) is 0 Å². The molecule has 0 unspecified atom stereocenters. The second kappa shape index (κ2) is 1.85. The molecule has 0 fully saturated rings. The highest BCUT2D eigenvalue weighted by atomic mass is 16.3. The number of nitrogens with zero attached hydrogens (tertiary/aromatic N) is 2. The van der Waals surface area contributed by atoms with Crippen LogP contribution < -0.4 is 0 Å². The SMILES string of the molecule is c1ncc2[nH]c3occc3c2n1. The normalized spacial score (nSPS) is 11.3. The maximum atomic E-state index is 5.18. The van der Waals surface area contributed by atoms with Crippen LogP contribution in [0.15, 0.2) is 29.3 Å². The van der Waals surface area contributed by atoms with Gasteiger partial charge >= 0.3 is 0 Å². The van der Waals surface area contributed by atoms with E-state index in [0.29, 0.717) is 0 Å². The molecule has 3 heterocycles. The molecule has 3 aromatic rings. The zero-order valence-electron chi connectivity index (χ0n) is 6.11. The van der Waals surface area contributed by atoms with Crippen molar-refractivity contribution in [1.29, 1.82) is 0 Å². The van der Waals surface area contributed by atoms with Crippen LogP contribution in [0.4, 0.5) is 0 Å².